The Hall–Kier alpha value is -2.81. The number of carbonyl (C=O) groups is 3. The van der Waals surface area contributed by atoms with E-state index in [0.29, 0.717) is 16.8 Å². The normalized spacial score (nSPS) is 12.9. The van der Waals surface area contributed by atoms with Crippen molar-refractivity contribution in [3.8, 4) is 11.8 Å². The zero-order valence-electron chi connectivity index (χ0n) is 13.5. The molecule has 0 aromatic heterocycles. The fourth-order valence-corrected chi connectivity index (χ4v) is 2.06. The SMILES string of the molecule is Cc1ccc2c(c1C#CCNC(=O)OC(C)(C)C)C(=O)C(=O)N2. The Balaban J connectivity index is 2.11. The van der Waals surface area contributed by atoms with Crippen LogP contribution in [0.2, 0.25) is 0 Å². The van der Waals surface area contributed by atoms with Gasteiger partial charge >= 0.3 is 6.09 Å². The van der Waals surface area contributed by atoms with Crippen LogP contribution in [0.25, 0.3) is 0 Å². The number of nitrogens with one attached hydrogen (secondary N) is 2. The second kappa shape index (κ2) is 6.13. The molecule has 1 aromatic carbocycles. The largest absolute Gasteiger partial charge is 0.444 e. The molecule has 2 amide bonds. The third-order valence-corrected chi connectivity index (χ3v) is 3.03. The predicted octanol–water partition coefficient (Wildman–Crippen LogP) is 2.01. The standard InChI is InChI=1S/C17H18N2O4/c1-10-7-8-12-13(14(20)15(21)19-12)11(10)6-5-9-18-16(22)23-17(2,3)4/h7-8H,9H2,1-4H3,(H,18,22)(H,19,20,21). The minimum Gasteiger partial charge on any atom is -0.444 e. The first kappa shape index (κ1) is 16.6. The van der Waals surface area contributed by atoms with Gasteiger partial charge in [0.25, 0.3) is 11.7 Å². The average Bonchev–Trinajstić information content (AvgIpc) is 2.71. The molecule has 0 saturated carbocycles. The van der Waals surface area contributed by atoms with E-state index in [0.717, 1.165) is 5.56 Å². The summed E-state index contributed by atoms with van der Waals surface area (Å²) < 4.78 is 5.09. The highest BCUT2D eigenvalue weighted by molar-refractivity contribution is 6.52. The molecule has 2 rings (SSSR count). The van der Waals surface area contributed by atoms with Gasteiger partial charge in [-0.1, -0.05) is 17.9 Å². The number of Topliss-reactive ketones (excluding diaryl/α,β-unsaturated/α-hetero) is 1. The van der Waals surface area contributed by atoms with Gasteiger partial charge in [0.05, 0.1) is 17.8 Å². The number of ketones is 1. The maximum Gasteiger partial charge on any atom is 0.408 e. The topological polar surface area (TPSA) is 84.5 Å². The second-order valence-corrected chi connectivity index (χ2v) is 6.12. The van der Waals surface area contributed by atoms with Gasteiger partial charge in [0.2, 0.25) is 0 Å². The summed E-state index contributed by atoms with van der Waals surface area (Å²) in [4.78, 5) is 34.9. The Morgan fingerprint density at radius 2 is 2.00 bits per heavy atom. The number of rotatable bonds is 1. The van der Waals surface area contributed by atoms with Gasteiger partial charge < -0.3 is 15.4 Å². The Bertz CT molecular complexity index is 748. The smallest absolute Gasteiger partial charge is 0.408 e. The van der Waals surface area contributed by atoms with Gasteiger partial charge in [-0.05, 0) is 39.3 Å². The molecule has 0 fully saturated rings. The number of fused-ring (bicyclic) bond motifs is 1. The van der Waals surface area contributed by atoms with Crippen LogP contribution in [0.4, 0.5) is 10.5 Å². The Morgan fingerprint density at radius 3 is 2.65 bits per heavy atom. The molecular formula is C17H18N2O4. The highest BCUT2D eigenvalue weighted by atomic mass is 16.6. The molecule has 2 N–H and O–H groups in total. The van der Waals surface area contributed by atoms with Crippen LogP contribution in [0, 0.1) is 18.8 Å². The summed E-state index contributed by atoms with van der Waals surface area (Å²) in [5.41, 5.74) is 1.47. The van der Waals surface area contributed by atoms with Crippen molar-refractivity contribution in [3.63, 3.8) is 0 Å². The van der Waals surface area contributed by atoms with Gasteiger partial charge in [0.1, 0.15) is 5.60 Å². The van der Waals surface area contributed by atoms with Crippen molar-refractivity contribution in [2.75, 3.05) is 11.9 Å². The van der Waals surface area contributed by atoms with Gasteiger partial charge in [0, 0.05) is 5.56 Å². The molecule has 120 valence electrons. The summed E-state index contributed by atoms with van der Waals surface area (Å²) in [6.45, 7) is 7.19. The maximum atomic E-state index is 11.9. The average molecular weight is 314 g/mol. The monoisotopic (exact) mass is 314 g/mol. The number of amides is 2. The van der Waals surface area contributed by atoms with Crippen LogP contribution in [-0.2, 0) is 9.53 Å². The lowest BCUT2D eigenvalue weighted by Gasteiger charge is -2.19. The number of hydrogen-bond acceptors (Lipinski definition) is 4. The lowest BCUT2D eigenvalue weighted by atomic mass is 9.99. The van der Waals surface area contributed by atoms with E-state index in [1.54, 1.807) is 32.9 Å². The molecular weight excluding hydrogens is 296 g/mol. The fraction of sp³-hybridized carbons (Fsp3) is 0.353. The van der Waals surface area contributed by atoms with E-state index in [1.807, 2.05) is 6.92 Å². The van der Waals surface area contributed by atoms with Crippen LogP contribution in [0.1, 0.15) is 42.3 Å². The fourth-order valence-electron chi connectivity index (χ4n) is 2.06. The summed E-state index contributed by atoms with van der Waals surface area (Å²) in [5.74, 6) is 4.38. The second-order valence-electron chi connectivity index (χ2n) is 6.12. The van der Waals surface area contributed by atoms with Gasteiger partial charge in [-0.2, -0.15) is 0 Å². The van der Waals surface area contributed by atoms with Crippen LogP contribution < -0.4 is 10.6 Å². The minimum atomic E-state index is -0.652. The maximum absolute atomic E-state index is 11.9. The molecule has 1 heterocycles. The molecule has 1 aliphatic heterocycles. The van der Waals surface area contributed by atoms with E-state index in [2.05, 4.69) is 22.5 Å². The van der Waals surface area contributed by atoms with Crippen LogP contribution in [0.5, 0.6) is 0 Å². The first-order valence-electron chi connectivity index (χ1n) is 7.14. The summed E-state index contributed by atoms with van der Waals surface area (Å²) in [6.07, 6.45) is -0.560. The molecule has 6 heteroatoms. The molecule has 0 aliphatic carbocycles. The van der Waals surface area contributed by atoms with E-state index >= 15 is 0 Å². The Kier molecular flexibility index (Phi) is 4.41. The van der Waals surface area contributed by atoms with Crippen molar-refractivity contribution < 1.29 is 19.1 Å². The molecule has 6 nitrogen and oxygen atoms in total. The third-order valence-electron chi connectivity index (χ3n) is 3.03. The van der Waals surface area contributed by atoms with Crippen molar-refractivity contribution in [2.45, 2.75) is 33.3 Å². The number of ether oxygens (including phenoxy) is 1. The first-order chi connectivity index (χ1) is 10.7. The number of alkyl carbamates (subject to hydrolysis) is 1. The molecule has 0 atom stereocenters. The van der Waals surface area contributed by atoms with Crippen molar-refractivity contribution in [2.24, 2.45) is 0 Å². The number of anilines is 1. The number of carbonyl (C=O) groups excluding carboxylic acids is 3. The van der Waals surface area contributed by atoms with E-state index in [-0.39, 0.29) is 6.54 Å². The van der Waals surface area contributed by atoms with Crippen LogP contribution in [0.15, 0.2) is 12.1 Å². The van der Waals surface area contributed by atoms with Crippen LogP contribution in [-0.4, -0.2) is 29.9 Å². The molecule has 0 unspecified atom stereocenters. The van der Waals surface area contributed by atoms with Crippen molar-refractivity contribution in [1.29, 1.82) is 0 Å². The molecule has 0 radical (unpaired) electrons. The lowest BCUT2D eigenvalue weighted by Crippen LogP contribution is -2.32. The van der Waals surface area contributed by atoms with Crippen molar-refractivity contribution in [1.82, 2.24) is 5.32 Å². The van der Waals surface area contributed by atoms with Gasteiger partial charge in [-0.25, -0.2) is 4.79 Å². The Labute approximate surface area is 134 Å². The van der Waals surface area contributed by atoms with Crippen LogP contribution in [0.3, 0.4) is 0 Å². The molecule has 1 aromatic rings. The van der Waals surface area contributed by atoms with E-state index in [4.69, 9.17) is 4.74 Å². The van der Waals surface area contributed by atoms with Gasteiger partial charge in [0.15, 0.2) is 0 Å². The molecule has 0 spiro atoms. The summed E-state index contributed by atoms with van der Waals surface area (Å²) in [5, 5.41) is 5.02. The van der Waals surface area contributed by atoms with Crippen LogP contribution >= 0.6 is 0 Å². The molecule has 0 bridgehead atoms. The highest BCUT2D eigenvalue weighted by Crippen LogP contribution is 2.28. The van der Waals surface area contributed by atoms with E-state index < -0.39 is 23.4 Å². The van der Waals surface area contributed by atoms with Gasteiger partial charge in [-0.15, -0.1) is 0 Å². The van der Waals surface area contributed by atoms with Crippen molar-refractivity contribution >= 4 is 23.5 Å². The van der Waals surface area contributed by atoms with Gasteiger partial charge in [-0.3, -0.25) is 9.59 Å². The zero-order chi connectivity index (χ0) is 17.2. The van der Waals surface area contributed by atoms with Crippen molar-refractivity contribution in [3.05, 3.63) is 28.8 Å². The minimum absolute atomic E-state index is 0.0770. The number of aryl methyl sites for hydroxylation is 1. The zero-order valence-corrected chi connectivity index (χ0v) is 13.5. The van der Waals surface area contributed by atoms with E-state index in [9.17, 15) is 14.4 Å². The Morgan fingerprint density at radius 1 is 1.30 bits per heavy atom. The summed E-state index contributed by atoms with van der Waals surface area (Å²) >= 11 is 0. The predicted molar refractivity (Wildman–Crippen MR) is 85.3 cm³/mol. The molecule has 23 heavy (non-hydrogen) atoms. The summed E-state index contributed by atoms with van der Waals surface area (Å²) in [6, 6.07) is 3.46. The number of benzene rings is 1. The molecule has 1 aliphatic rings. The highest BCUT2D eigenvalue weighted by Gasteiger charge is 2.30. The quantitative estimate of drug-likeness (QED) is 0.613. The first-order valence-corrected chi connectivity index (χ1v) is 7.14. The third kappa shape index (κ3) is 3.89. The van der Waals surface area contributed by atoms with E-state index in [1.165, 1.54) is 0 Å². The molecule has 0 saturated heterocycles. The summed E-state index contributed by atoms with van der Waals surface area (Å²) in [7, 11) is 0. The number of hydrogen-bond donors (Lipinski definition) is 2. The lowest BCUT2D eigenvalue weighted by molar-refractivity contribution is -0.112.